The number of ether oxygens (including phenoxy) is 1. The van der Waals surface area contributed by atoms with E-state index in [0.29, 0.717) is 25.1 Å². The zero-order valence-corrected chi connectivity index (χ0v) is 10.6. The van der Waals surface area contributed by atoms with Gasteiger partial charge in [-0.25, -0.2) is 0 Å². The third kappa shape index (κ3) is 2.99. The molecule has 4 nitrogen and oxygen atoms in total. The van der Waals surface area contributed by atoms with Gasteiger partial charge in [0.2, 0.25) is 5.91 Å². The Morgan fingerprint density at radius 1 is 1.35 bits per heavy atom. The van der Waals surface area contributed by atoms with E-state index < -0.39 is 0 Å². The summed E-state index contributed by atoms with van der Waals surface area (Å²) in [6.45, 7) is 3.36. The molecule has 1 amide bonds. The maximum absolute atomic E-state index is 12.1. The Bertz CT molecular complexity index is 255. The van der Waals surface area contributed by atoms with Crippen molar-refractivity contribution >= 4 is 5.91 Å². The van der Waals surface area contributed by atoms with Crippen molar-refractivity contribution in [2.24, 2.45) is 0 Å². The molecule has 0 aromatic heterocycles. The summed E-state index contributed by atoms with van der Waals surface area (Å²) in [5.74, 6) is 0.254. The minimum atomic E-state index is -0.194. The molecular formula is C13H23NO3. The summed E-state index contributed by atoms with van der Waals surface area (Å²) in [6, 6.07) is 0.590. The lowest BCUT2D eigenvalue weighted by Crippen LogP contribution is -2.47. The van der Waals surface area contributed by atoms with Crippen LogP contribution in [0.3, 0.4) is 0 Å². The third-order valence-corrected chi connectivity index (χ3v) is 3.88. The van der Waals surface area contributed by atoms with Gasteiger partial charge < -0.3 is 14.7 Å². The second-order valence-corrected chi connectivity index (χ2v) is 5.11. The Morgan fingerprint density at radius 2 is 2.00 bits per heavy atom. The predicted octanol–water partition coefficient (Wildman–Crippen LogP) is 1.32. The number of fused-ring (bicyclic) bond motifs is 2. The second-order valence-electron chi connectivity index (χ2n) is 5.11. The van der Waals surface area contributed by atoms with Crippen LogP contribution in [0.25, 0.3) is 0 Å². The zero-order chi connectivity index (χ0) is 12.3. The molecule has 0 radical (unpaired) electrons. The highest BCUT2D eigenvalue weighted by molar-refractivity contribution is 5.77. The van der Waals surface area contributed by atoms with Gasteiger partial charge in [-0.2, -0.15) is 0 Å². The molecule has 2 fully saturated rings. The number of nitrogens with zero attached hydrogens (tertiary/aromatic N) is 1. The van der Waals surface area contributed by atoms with Crippen molar-refractivity contribution in [1.29, 1.82) is 0 Å². The van der Waals surface area contributed by atoms with Gasteiger partial charge in [-0.1, -0.05) is 0 Å². The zero-order valence-electron chi connectivity index (χ0n) is 10.6. The molecule has 2 atom stereocenters. The van der Waals surface area contributed by atoms with Crippen molar-refractivity contribution in [2.75, 3.05) is 13.2 Å². The molecule has 2 aliphatic rings. The Labute approximate surface area is 103 Å². The third-order valence-electron chi connectivity index (χ3n) is 3.88. The van der Waals surface area contributed by atoms with Crippen molar-refractivity contribution in [1.82, 2.24) is 4.90 Å². The number of amides is 1. The number of hydrogen-bond acceptors (Lipinski definition) is 3. The Morgan fingerprint density at radius 3 is 2.59 bits per heavy atom. The smallest absolute Gasteiger partial charge is 0.223 e. The maximum Gasteiger partial charge on any atom is 0.223 e. The van der Waals surface area contributed by atoms with E-state index in [1.807, 2.05) is 11.8 Å². The first-order chi connectivity index (χ1) is 8.22. The van der Waals surface area contributed by atoms with E-state index >= 15 is 0 Å². The molecule has 2 saturated heterocycles. The van der Waals surface area contributed by atoms with Crippen molar-refractivity contribution < 1.29 is 14.6 Å². The summed E-state index contributed by atoms with van der Waals surface area (Å²) >= 11 is 0. The van der Waals surface area contributed by atoms with Crippen molar-refractivity contribution in [3.63, 3.8) is 0 Å². The molecule has 0 saturated carbocycles. The first-order valence-electron chi connectivity index (χ1n) is 6.79. The number of rotatable bonds is 5. The van der Waals surface area contributed by atoms with Crippen LogP contribution >= 0.6 is 0 Å². The van der Waals surface area contributed by atoms with Crippen LogP contribution in [0.2, 0.25) is 0 Å². The summed E-state index contributed by atoms with van der Waals surface area (Å²) in [6.07, 6.45) is 4.88. The molecule has 2 heterocycles. The highest BCUT2D eigenvalue weighted by atomic mass is 16.5. The van der Waals surface area contributed by atoms with E-state index in [4.69, 9.17) is 4.74 Å². The number of carbonyl (C=O) groups excluding carboxylic acids is 1. The van der Waals surface area contributed by atoms with Gasteiger partial charge in [0.1, 0.15) is 0 Å². The van der Waals surface area contributed by atoms with Crippen LogP contribution in [-0.2, 0) is 9.53 Å². The Balaban J connectivity index is 1.80. The lowest BCUT2D eigenvalue weighted by Gasteiger charge is -2.37. The van der Waals surface area contributed by atoms with Gasteiger partial charge >= 0.3 is 0 Å². The predicted molar refractivity (Wildman–Crippen MR) is 64.6 cm³/mol. The van der Waals surface area contributed by atoms with Crippen molar-refractivity contribution in [2.45, 2.75) is 63.6 Å². The maximum atomic E-state index is 12.1. The molecule has 1 N–H and O–H groups in total. The molecular weight excluding hydrogens is 218 g/mol. The van der Waals surface area contributed by atoms with Crippen LogP contribution in [0, 0.1) is 0 Å². The van der Waals surface area contributed by atoms with Gasteiger partial charge in [0.15, 0.2) is 0 Å². The van der Waals surface area contributed by atoms with E-state index in [-0.39, 0.29) is 12.0 Å². The van der Waals surface area contributed by atoms with Crippen LogP contribution in [0.15, 0.2) is 0 Å². The topological polar surface area (TPSA) is 49.8 Å². The Kier molecular flexibility index (Phi) is 4.40. The van der Waals surface area contributed by atoms with E-state index in [1.54, 1.807) is 0 Å². The monoisotopic (exact) mass is 241 g/mol. The normalized spacial score (nSPS) is 31.9. The lowest BCUT2D eigenvalue weighted by atomic mass is 9.99. The SMILES string of the molecule is CCOCCCC(=O)N1C2CCC1CC(O)C2. The highest BCUT2D eigenvalue weighted by Gasteiger charge is 2.42. The van der Waals surface area contributed by atoms with Gasteiger partial charge in [-0.05, 0) is 39.0 Å². The van der Waals surface area contributed by atoms with Crippen LogP contribution in [0.4, 0.5) is 0 Å². The summed E-state index contributed by atoms with van der Waals surface area (Å²) in [5, 5.41) is 9.68. The number of carbonyl (C=O) groups is 1. The molecule has 4 heteroatoms. The fraction of sp³-hybridized carbons (Fsp3) is 0.923. The number of piperidine rings is 1. The average molecular weight is 241 g/mol. The highest BCUT2D eigenvalue weighted by Crippen LogP contribution is 2.36. The Hall–Kier alpha value is -0.610. The van der Waals surface area contributed by atoms with Gasteiger partial charge in [0, 0.05) is 31.7 Å². The molecule has 98 valence electrons. The van der Waals surface area contributed by atoms with Crippen LogP contribution in [-0.4, -0.2) is 47.3 Å². The number of aliphatic hydroxyl groups is 1. The molecule has 17 heavy (non-hydrogen) atoms. The molecule has 0 aromatic carbocycles. The van der Waals surface area contributed by atoms with Gasteiger partial charge in [-0.3, -0.25) is 4.79 Å². The fourth-order valence-corrected chi connectivity index (χ4v) is 3.15. The van der Waals surface area contributed by atoms with E-state index in [9.17, 15) is 9.90 Å². The summed E-state index contributed by atoms with van der Waals surface area (Å²) in [7, 11) is 0. The molecule has 2 bridgehead atoms. The standard InChI is InChI=1S/C13H23NO3/c1-2-17-7-3-4-13(16)14-10-5-6-11(14)9-12(15)8-10/h10-12,15H,2-9H2,1H3. The van der Waals surface area contributed by atoms with Crippen LogP contribution in [0.5, 0.6) is 0 Å². The molecule has 0 aliphatic carbocycles. The first kappa shape index (κ1) is 12.8. The second kappa shape index (κ2) is 5.83. The van der Waals surface area contributed by atoms with Crippen LogP contribution in [0.1, 0.15) is 45.4 Å². The summed E-state index contributed by atoms with van der Waals surface area (Å²) in [4.78, 5) is 14.2. The minimum absolute atomic E-state index is 0.194. The molecule has 2 aliphatic heterocycles. The number of hydrogen-bond donors (Lipinski definition) is 1. The quantitative estimate of drug-likeness (QED) is 0.738. The molecule has 2 unspecified atom stereocenters. The van der Waals surface area contributed by atoms with Gasteiger partial charge in [0.25, 0.3) is 0 Å². The fourth-order valence-electron chi connectivity index (χ4n) is 3.15. The largest absolute Gasteiger partial charge is 0.393 e. The van der Waals surface area contributed by atoms with Gasteiger partial charge in [-0.15, -0.1) is 0 Å². The summed E-state index contributed by atoms with van der Waals surface area (Å²) < 4.78 is 5.25. The lowest BCUT2D eigenvalue weighted by molar-refractivity contribution is -0.137. The van der Waals surface area contributed by atoms with Crippen molar-refractivity contribution in [3.05, 3.63) is 0 Å². The van der Waals surface area contributed by atoms with E-state index in [0.717, 1.165) is 38.7 Å². The first-order valence-corrected chi connectivity index (χ1v) is 6.79. The molecule has 2 rings (SSSR count). The van der Waals surface area contributed by atoms with Crippen LogP contribution < -0.4 is 0 Å². The van der Waals surface area contributed by atoms with E-state index in [1.165, 1.54) is 0 Å². The average Bonchev–Trinajstić information content (AvgIpc) is 2.57. The molecule has 0 spiro atoms. The van der Waals surface area contributed by atoms with E-state index in [2.05, 4.69) is 0 Å². The van der Waals surface area contributed by atoms with Crippen molar-refractivity contribution in [3.8, 4) is 0 Å². The summed E-state index contributed by atoms with van der Waals surface area (Å²) in [5.41, 5.74) is 0. The number of aliphatic hydroxyl groups excluding tert-OH is 1. The molecule has 0 aromatic rings. The minimum Gasteiger partial charge on any atom is -0.393 e. The van der Waals surface area contributed by atoms with Gasteiger partial charge in [0.05, 0.1) is 6.10 Å².